The molecule has 132 valence electrons. The average molecular weight is 338 g/mol. The van der Waals surface area contributed by atoms with Crippen LogP contribution in [-0.4, -0.2) is 21.3 Å². The number of hydrogen-bond acceptors (Lipinski definition) is 3. The first-order valence-electron chi connectivity index (χ1n) is 8.71. The molecule has 0 saturated heterocycles. The Kier molecular flexibility index (Phi) is 4.82. The van der Waals surface area contributed by atoms with Gasteiger partial charge in [0.1, 0.15) is 24.3 Å². The summed E-state index contributed by atoms with van der Waals surface area (Å²) >= 11 is 0. The van der Waals surface area contributed by atoms with Crippen LogP contribution >= 0.6 is 0 Å². The first kappa shape index (κ1) is 17.5. The van der Waals surface area contributed by atoms with Crippen LogP contribution in [0.3, 0.4) is 0 Å². The molecule has 0 spiro atoms. The number of rotatable bonds is 5. The zero-order valence-corrected chi connectivity index (χ0v) is 15.6. The van der Waals surface area contributed by atoms with E-state index in [9.17, 15) is 5.11 Å². The fourth-order valence-corrected chi connectivity index (χ4v) is 3.22. The van der Waals surface area contributed by atoms with Crippen LogP contribution in [0.1, 0.15) is 41.1 Å². The summed E-state index contributed by atoms with van der Waals surface area (Å²) in [5, 5.41) is 10.1. The second-order valence-corrected chi connectivity index (χ2v) is 6.89. The molecule has 1 aromatic heterocycles. The van der Waals surface area contributed by atoms with Gasteiger partial charge in [-0.15, -0.1) is 0 Å². The number of hydrogen-bond donors (Lipinski definition) is 1. The molecule has 4 heteroatoms. The van der Waals surface area contributed by atoms with Gasteiger partial charge in [0.15, 0.2) is 0 Å². The molecule has 0 bridgehead atoms. The standard InChI is InChI=1S/C21H26N2O2/c1-13-8-14(2)10-18(9-13)25-7-6-23-20-12-16(4)15(3)11-19(20)22-21(23)17(5)24/h8-12,17,24H,6-7H2,1-5H3. The Balaban J connectivity index is 1.86. The lowest BCUT2D eigenvalue weighted by Crippen LogP contribution is -2.13. The summed E-state index contributed by atoms with van der Waals surface area (Å²) in [6.45, 7) is 11.2. The number of aliphatic hydroxyl groups excluding tert-OH is 1. The van der Waals surface area contributed by atoms with Crippen molar-refractivity contribution in [3.63, 3.8) is 0 Å². The van der Waals surface area contributed by atoms with E-state index in [0.717, 1.165) is 16.8 Å². The number of ether oxygens (including phenoxy) is 1. The molecule has 1 atom stereocenters. The molecule has 3 aromatic rings. The minimum atomic E-state index is -0.616. The number of aliphatic hydroxyl groups is 1. The predicted molar refractivity (Wildman–Crippen MR) is 101 cm³/mol. The van der Waals surface area contributed by atoms with Gasteiger partial charge < -0.3 is 14.4 Å². The van der Waals surface area contributed by atoms with Gasteiger partial charge in [-0.3, -0.25) is 0 Å². The molecule has 1 unspecified atom stereocenters. The van der Waals surface area contributed by atoms with E-state index in [-0.39, 0.29) is 0 Å². The molecule has 3 rings (SSSR count). The van der Waals surface area contributed by atoms with E-state index in [1.807, 2.05) is 12.1 Å². The van der Waals surface area contributed by atoms with E-state index in [2.05, 4.69) is 55.4 Å². The molecule has 0 radical (unpaired) electrons. The lowest BCUT2D eigenvalue weighted by atomic mass is 10.1. The molecule has 4 nitrogen and oxygen atoms in total. The summed E-state index contributed by atoms with van der Waals surface area (Å²) in [5.41, 5.74) is 6.79. The van der Waals surface area contributed by atoms with Gasteiger partial charge in [0.25, 0.3) is 0 Å². The molecule has 1 heterocycles. The molecule has 0 amide bonds. The van der Waals surface area contributed by atoms with Gasteiger partial charge in [0, 0.05) is 0 Å². The summed E-state index contributed by atoms with van der Waals surface area (Å²) in [4.78, 5) is 4.63. The van der Waals surface area contributed by atoms with E-state index in [4.69, 9.17) is 4.74 Å². The fraction of sp³-hybridized carbons (Fsp3) is 0.381. The normalized spacial score (nSPS) is 12.6. The van der Waals surface area contributed by atoms with E-state index >= 15 is 0 Å². The van der Waals surface area contributed by atoms with Crippen LogP contribution in [0.15, 0.2) is 30.3 Å². The molecule has 0 aliphatic rings. The number of benzene rings is 2. The molecule has 2 aromatic carbocycles. The third kappa shape index (κ3) is 3.69. The van der Waals surface area contributed by atoms with Crippen molar-refractivity contribution < 1.29 is 9.84 Å². The Morgan fingerprint density at radius 2 is 1.64 bits per heavy atom. The van der Waals surface area contributed by atoms with Crippen molar-refractivity contribution in [2.75, 3.05) is 6.61 Å². The number of fused-ring (bicyclic) bond motifs is 1. The maximum Gasteiger partial charge on any atom is 0.138 e. The largest absolute Gasteiger partial charge is 0.492 e. The third-order valence-corrected chi connectivity index (χ3v) is 4.55. The van der Waals surface area contributed by atoms with Gasteiger partial charge in [0.2, 0.25) is 0 Å². The molecular formula is C21H26N2O2. The van der Waals surface area contributed by atoms with Gasteiger partial charge in [-0.25, -0.2) is 4.98 Å². The van der Waals surface area contributed by atoms with Gasteiger partial charge >= 0.3 is 0 Å². The topological polar surface area (TPSA) is 47.3 Å². The van der Waals surface area contributed by atoms with Gasteiger partial charge in [0.05, 0.1) is 17.6 Å². The SMILES string of the molecule is Cc1cc(C)cc(OCCn2c(C(C)O)nc3cc(C)c(C)cc32)c1. The zero-order chi connectivity index (χ0) is 18.1. The summed E-state index contributed by atoms with van der Waals surface area (Å²) < 4.78 is 8.01. The van der Waals surface area contributed by atoms with Crippen molar-refractivity contribution in [1.29, 1.82) is 0 Å². The van der Waals surface area contributed by atoms with Gasteiger partial charge in [-0.1, -0.05) is 6.07 Å². The number of aromatic nitrogens is 2. The molecule has 0 aliphatic carbocycles. The maximum absolute atomic E-state index is 10.1. The smallest absolute Gasteiger partial charge is 0.138 e. The molecule has 0 fully saturated rings. The van der Waals surface area contributed by atoms with Gasteiger partial charge in [-0.2, -0.15) is 0 Å². The third-order valence-electron chi connectivity index (χ3n) is 4.55. The first-order valence-corrected chi connectivity index (χ1v) is 8.71. The van der Waals surface area contributed by atoms with E-state index < -0.39 is 6.10 Å². The summed E-state index contributed by atoms with van der Waals surface area (Å²) in [5.74, 6) is 1.57. The van der Waals surface area contributed by atoms with Crippen LogP contribution in [0.25, 0.3) is 11.0 Å². The highest BCUT2D eigenvalue weighted by Gasteiger charge is 2.15. The second kappa shape index (κ2) is 6.89. The highest BCUT2D eigenvalue weighted by molar-refractivity contribution is 5.78. The minimum Gasteiger partial charge on any atom is -0.492 e. The van der Waals surface area contributed by atoms with E-state index in [0.29, 0.717) is 19.0 Å². The van der Waals surface area contributed by atoms with Crippen molar-refractivity contribution in [2.24, 2.45) is 0 Å². The van der Waals surface area contributed by atoms with Crippen molar-refractivity contribution in [3.8, 4) is 5.75 Å². The van der Waals surface area contributed by atoms with Crippen molar-refractivity contribution >= 4 is 11.0 Å². The van der Waals surface area contributed by atoms with Crippen molar-refractivity contribution in [2.45, 2.75) is 47.3 Å². The average Bonchev–Trinajstić information content (AvgIpc) is 2.85. The molecule has 0 saturated carbocycles. The van der Waals surface area contributed by atoms with E-state index in [1.54, 1.807) is 6.92 Å². The first-order chi connectivity index (χ1) is 11.8. The molecule has 0 aliphatic heterocycles. The van der Waals surface area contributed by atoms with Crippen LogP contribution < -0.4 is 4.74 Å². The predicted octanol–water partition coefficient (Wildman–Crippen LogP) is 4.40. The lowest BCUT2D eigenvalue weighted by molar-refractivity contribution is 0.181. The lowest BCUT2D eigenvalue weighted by Gasteiger charge is -2.13. The molecule has 1 N–H and O–H groups in total. The number of aryl methyl sites for hydroxylation is 4. The maximum atomic E-state index is 10.1. The fourth-order valence-electron chi connectivity index (χ4n) is 3.22. The highest BCUT2D eigenvalue weighted by Crippen LogP contribution is 2.24. The van der Waals surface area contributed by atoms with Crippen LogP contribution in [0.5, 0.6) is 5.75 Å². The Labute approximate surface area is 149 Å². The van der Waals surface area contributed by atoms with Crippen LogP contribution in [0, 0.1) is 27.7 Å². The Morgan fingerprint density at radius 3 is 2.28 bits per heavy atom. The molecule has 25 heavy (non-hydrogen) atoms. The van der Waals surface area contributed by atoms with Crippen LogP contribution in [0.4, 0.5) is 0 Å². The Hall–Kier alpha value is -2.33. The van der Waals surface area contributed by atoms with Gasteiger partial charge in [-0.05, 0) is 81.1 Å². The Bertz CT molecular complexity index is 890. The molecular weight excluding hydrogens is 312 g/mol. The quantitative estimate of drug-likeness (QED) is 0.750. The monoisotopic (exact) mass is 338 g/mol. The number of imidazole rings is 1. The van der Waals surface area contributed by atoms with Crippen LogP contribution in [0.2, 0.25) is 0 Å². The summed E-state index contributed by atoms with van der Waals surface area (Å²) in [7, 11) is 0. The van der Waals surface area contributed by atoms with Crippen molar-refractivity contribution in [1.82, 2.24) is 9.55 Å². The summed E-state index contributed by atoms with van der Waals surface area (Å²) in [6, 6.07) is 10.4. The second-order valence-electron chi connectivity index (χ2n) is 6.89. The van der Waals surface area contributed by atoms with Crippen LogP contribution in [-0.2, 0) is 6.54 Å². The summed E-state index contributed by atoms with van der Waals surface area (Å²) in [6.07, 6.45) is -0.616. The highest BCUT2D eigenvalue weighted by atomic mass is 16.5. The van der Waals surface area contributed by atoms with E-state index in [1.165, 1.54) is 22.3 Å². The Morgan fingerprint density at radius 1 is 1.00 bits per heavy atom. The van der Waals surface area contributed by atoms with Crippen molar-refractivity contribution in [3.05, 3.63) is 58.4 Å². The zero-order valence-electron chi connectivity index (χ0n) is 15.6. The number of nitrogens with zero attached hydrogens (tertiary/aromatic N) is 2. The minimum absolute atomic E-state index is 0.529.